The normalized spacial score (nSPS) is 11.1. The predicted molar refractivity (Wildman–Crippen MR) is 108 cm³/mol. The Morgan fingerprint density at radius 2 is 1.96 bits per heavy atom. The third-order valence-corrected chi connectivity index (χ3v) is 5.46. The number of benzene rings is 2. The number of ether oxygens (including phenoxy) is 2. The molecule has 1 amide bonds. The van der Waals surface area contributed by atoms with Crippen molar-refractivity contribution in [1.29, 1.82) is 5.26 Å². The number of nitrogens with zero attached hydrogens (tertiary/aromatic N) is 1. The van der Waals surface area contributed by atoms with E-state index in [-0.39, 0.29) is 21.9 Å². The van der Waals surface area contributed by atoms with Crippen molar-refractivity contribution >= 4 is 51.0 Å². The van der Waals surface area contributed by atoms with Gasteiger partial charge in [-0.3, -0.25) is 4.79 Å². The summed E-state index contributed by atoms with van der Waals surface area (Å²) in [5.41, 5.74) is 5.42. The number of nitrogens with two attached hydrogens (primary N) is 1. The van der Waals surface area contributed by atoms with E-state index in [1.54, 1.807) is 12.1 Å². The van der Waals surface area contributed by atoms with Gasteiger partial charge in [0.15, 0.2) is 11.5 Å². The van der Waals surface area contributed by atoms with Gasteiger partial charge in [-0.05, 0) is 29.8 Å². The van der Waals surface area contributed by atoms with Crippen LogP contribution in [-0.4, -0.2) is 19.0 Å². The lowest BCUT2D eigenvalue weighted by Crippen LogP contribution is -2.12. The summed E-state index contributed by atoms with van der Waals surface area (Å²) >= 11 is 7.55. The first kappa shape index (κ1) is 19.4. The molecule has 140 valence electrons. The van der Waals surface area contributed by atoms with Crippen LogP contribution in [0.2, 0.25) is 5.02 Å². The molecule has 3 rings (SSSR count). The van der Waals surface area contributed by atoms with Gasteiger partial charge in [0.2, 0.25) is 0 Å². The summed E-state index contributed by atoms with van der Waals surface area (Å²) in [6.07, 6.45) is 1.32. The smallest absolute Gasteiger partial charge is 0.355 e. The second-order valence-corrected chi connectivity index (χ2v) is 7.01. The van der Waals surface area contributed by atoms with Gasteiger partial charge in [0, 0.05) is 10.1 Å². The molecule has 0 aliphatic heterocycles. The minimum atomic E-state index is -0.837. The summed E-state index contributed by atoms with van der Waals surface area (Å²) in [5, 5.41) is 10.1. The predicted octanol–water partition coefficient (Wildman–Crippen LogP) is 4.17. The number of carbonyl (C=O) groups is 2. The second-order valence-electron chi connectivity index (χ2n) is 5.58. The lowest BCUT2D eigenvalue weighted by Gasteiger charge is -2.09. The monoisotopic (exact) mass is 412 g/mol. The summed E-state index contributed by atoms with van der Waals surface area (Å²) in [6, 6.07) is 13.7. The number of amides is 1. The maximum atomic E-state index is 12.6. The van der Waals surface area contributed by atoms with E-state index >= 15 is 0 Å². The Labute approximate surface area is 169 Å². The molecule has 0 aliphatic carbocycles. The van der Waals surface area contributed by atoms with Gasteiger partial charge in [-0.2, -0.15) is 5.26 Å². The fourth-order valence-electron chi connectivity index (χ4n) is 2.47. The zero-order valence-corrected chi connectivity index (χ0v) is 16.1. The van der Waals surface area contributed by atoms with E-state index < -0.39 is 11.9 Å². The standard InChI is InChI=1S/C20H13ClN2O4S/c1-26-15-9-11(8-12(10-22)19(23)24)6-7-14(15)27-20(25)18-17(21)13-4-2-3-5-16(13)28-18/h2-9H,1H3,(H2,23,24)/b12-8+. The Hall–Kier alpha value is -3.34. The van der Waals surface area contributed by atoms with Crippen LogP contribution in [0, 0.1) is 11.3 Å². The Bertz CT molecular complexity index is 1160. The molecule has 1 heterocycles. The molecule has 0 unspecified atom stereocenters. The summed E-state index contributed by atoms with van der Waals surface area (Å²) in [7, 11) is 1.41. The molecular weight excluding hydrogens is 400 g/mol. The quantitative estimate of drug-likeness (QED) is 0.293. The molecule has 0 bridgehead atoms. The maximum Gasteiger partial charge on any atom is 0.355 e. The zero-order valence-electron chi connectivity index (χ0n) is 14.6. The van der Waals surface area contributed by atoms with Gasteiger partial charge in [0.05, 0.1) is 12.1 Å². The number of methoxy groups -OCH3 is 1. The van der Waals surface area contributed by atoms with Crippen LogP contribution in [0.4, 0.5) is 0 Å². The highest BCUT2D eigenvalue weighted by molar-refractivity contribution is 7.21. The van der Waals surface area contributed by atoms with Gasteiger partial charge in [-0.25, -0.2) is 4.79 Å². The van der Waals surface area contributed by atoms with Gasteiger partial charge in [0.25, 0.3) is 5.91 Å². The van der Waals surface area contributed by atoms with Crippen molar-refractivity contribution in [2.45, 2.75) is 0 Å². The number of thiophene rings is 1. The second kappa shape index (κ2) is 8.13. The largest absolute Gasteiger partial charge is 0.493 e. The lowest BCUT2D eigenvalue weighted by atomic mass is 10.1. The van der Waals surface area contributed by atoms with E-state index in [1.807, 2.05) is 24.3 Å². The number of halogens is 1. The number of carbonyl (C=O) groups excluding carboxylic acids is 2. The van der Waals surface area contributed by atoms with Gasteiger partial charge in [-0.15, -0.1) is 11.3 Å². The maximum absolute atomic E-state index is 12.6. The molecule has 0 fully saturated rings. The van der Waals surface area contributed by atoms with E-state index in [1.165, 1.54) is 36.7 Å². The molecule has 0 saturated carbocycles. The molecule has 2 N–H and O–H groups in total. The molecule has 28 heavy (non-hydrogen) atoms. The van der Waals surface area contributed by atoms with E-state index in [0.717, 1.165) is 10.1 Å². The van der Waals surface area contributed by atoms with Crippen molar-refractivity contribution in [3.8, 4) is 17.6 Å². The molecule has 6 nitrogen and oxygen atoms in total. The van der Waals surface area contributed by atoms with E-state index in [9.17, 15) is 9.59 Å². The van der Waals surface area contributed by atoms with Crippen molar-refractivity contribution in [3.05, 3.63) is 63.5 Å². The van der Waals surface area contributed by atoms with Crippen molar-refractivity contribution in [3.63, 3.8) is 0 Å². The Morgan fingerprint density at radius 3 is 2.61 bits per heavy atom. The first-order valence-electron chi connectivity index (χ1n) is 7.93. The van der Waals surface area contributed by atoms with Gasteiger partial charge >= 0.3 is 5.97 Å². The van der Waals surface area contributed by atoms with Crippen LogP contribution < -0.4 is 15.2 Å². The van der Waals surface area contributed by atoms with Crippen LogP contribution in [0.25, 0.3) is 16.2 Å². The van der Waals surface area contributed by atoms with Crippen LogP contribution in [0.3, 0.4) is 0 Å². The van der Waals surface area contributed by atoms with Crippen molar-refractivity contribution in [2.24, 2.45) is 5.73 Å². The van der Waals surface area contributed by atoms with Gasteiger partial charge in [-0.1, -0.05) is 35.9 Å². The first-order chi connectivity index (χ1) is 13.4. The molecule has 1 aromatic heterocycles. The SMILES string of the molecule is COc1cc(/C=C(\C#N)C(N)=O)ccc1OC(=O)c1sc2ccccc2c1Cl. The molecule has 3 aromatic rings. The molecule has 0 radical (unpaired) electrons. The van der Waals surface area contributed by atoms with Crippen LogP contribution >= 0.6 is 22.9 Å². The third kappa shape index (κ3) is 3.83. The van der Waals surface area contributed by atoms with Crippen LogP contribution in [-0.2, 0) is 4.79 Å². The topological polar surface area (TPSA) is 102 Å². The minimum Gasteiger partial charge on any atom is -0.493 e. The fourth-order valence-corrected chi connectivity index (χ4v) is 3.86. The summed E-state index contributed by atoms with van der Waals surface area (Å²) < 4.78 is 11.6. The number of rotatable bonds is 5. The molecule has 0 saturated heterocycles. The average Bonchev–Trinajstić information content (AvgIpc) is 3.03. The lowest BCUT2D eigenvalue weighted by molar-refractivity contribution is -0.114. The van der Waals surface area contributed by atoms with Crippen molar-refractivity contribution in [1.82, 2.24) is 0 Å². The van der Waals surface area contributed by atoms with Crippen LogP contribution in [0.5, 0.6) is 11.5 Å². The summed E-state index contributed by atoms with van der Waals surface area (Å²) in [5.74, 6) is -1.02. The van der Waals surface area contributed by atoms with E-state index in [2.05, 4.69) is 0 Å². The van der Waals surface area contributed by atoms with Gasteiger partial charge in [0.1, 0.15) is 16.5 Å². The van der Waals surface area contributed by atoms with Crippen LogP contribution in [0.15, 0.2) is 48.0 Å². The number of fused-ring (bicyclic) bond motifs is 1. The van der Waals surface area contributed by atoms with E-state index in [0.29, 0.717) is 10.6 Å². The fraction of sp³-hybridized carbons (Fsp3) is 0.0500. The zero-order chi connectivity index (χ0) is 20.3. The number of nitriles is 1. The molecule has 8 heteroatoms. The molecule has 2 aromatic carbocycles. The summed E-state index contributed by atoms with van der Waals surface area (Å²) in [4.78, 5) is 24.1. The average molecular weight is 413 g/mol. The van der Waals surface area contributed by atoms with Gasteiger partial charge < -0.3 is 15.2 Å². The molecule has 0 atom stereocenters. The highest BCUT2D eigenvalue weighted by atomic mass is 35.5. The van der Waals surface area contributed by atoms with Crippen LogP contribution in [0.1, 0.15) is 15.2 Å². The highest BCUT2D eigenvalue weighted by Crippen LogP contribution is 2.37. The summed E-state index contributed by atoms with van der Waals surface area (Å²) in [6.45, 7) is 0. The number of primary amides is 1. The minimum absolute atomic E-state index is 0.177. The molecule has 0 spiro atoms. The van der Waals surface area contributed by atoms with Crippen molar-refractivity contribution < 1.29 is 19.1 Å². The third-order valence-electron chi connectivity index (χ3n) is 3.81. The Kier molecular flexibility index (Phi) is 5.64. The number of hydrogen-bond acceptors (Lipinski definition) is 6. The molecule has 0 aliphatic rings. The Balaban J connectivity index is 1.91. The number of esters is 1. The molecular formula is C20H13ClN2O4S. The first-order valence-corrected chi connectivity index (χ1v) is 9.13. The van der Waals surface area contributed by atoms with E-state index in [4.69, 9.17) is 32.1 Å². The Morgan fingerprint density at radius 1 is 1.21 bits per heavy atom. The van der Waals surface area contributed by atoms with Crippen molar-refractivity contribution in [2.75, 3.05) is 7.11 Å². The highest BCUT2D eigenvalue weighted by Gasteiger charge is 2.20. The number of hydrogen-bond donors (Lipinski definition) is 1.